The lowest BCUT2D eigenvalue weighted by molar-refractivity contribution is 0.102. The number of pyridine rings is 1. The predicted molar refractivity (Wildman–Crippen MR) is 105 cm³/mol. The van der Waals surface area contributed by atoms with Crippen LogP contribution in [-0.4, -0.2) is 24.0 Å². The lowest BCUT2D eigenvalue weighted by Gasteiger charge is -2.30. The second-order valence-electron chi connectivity index (χ2n) is 6.62. The molecule has 5 heteroatoms. The molecule has 0 radical (unpaired) electrons. The molecule has 1 aliphatic rings. The zero-order valence-electron chi connectivity index (χ0n) is 14.5. The first-order chi connectivity index (χ1) is 12.7. The van der Waals surface area contributed by atoms with Gasteiger partial charge in [-0.05, 0) is 48.9 Å². The number of para-hydroxylation sites is 2. The van der Waals surface area contributed by atoms with Crippen molar-refractivity contribution in [2.75, 3.05) is 23.3 Å². The van der Waals surface area contributed by atoms with E-state index in [0.29, 0.717) is 5.39 Å². The quantitative estimate of drug-likeness (QED) is 0.758. The van der Waals surface area contributed by atoms with Gasteiger partial charge in [-0.3, -0.25) is 9.59 Å². The summed E-state index contributed by atoms with van der Waals surface area (Å²) >= 11 is 0. The first-order valence-corrected chi connectivity index (χ1v) is 9.00. The second-order valence-corrected chi connectivity index (χ2v) is 6.62. The van der Waals surface area contributed by atoms with Crippen molar-refractivity contribution in [3.8, 4) is 0 Å². The van der Waals surface area contributed by atoms with Crippen molar-refractivity contribution in [1.29, 1.82) is 0 Å². The molecule has 1 fully saturated rings. The Morgan fingerprint density at radius 2 is 1.69 bits per heavy atom. The standard InChI is InChI=1S/C21H21N3O2/c25-20-16-9-3-2-8-15(16)14-18(23-20)21(26)22-17-10-4-5-11-19(17)24-12-6-1-7-13-24/h2-5,8-11,14H,1,6-7,12-13H2,(H,22,26)(H,23,25). The number of H-pyrrole nitrogens is 1. The summed E-state index contributed by atoms with van der Waals surface area (Å²) in [5.74, 6) is -0.308. The Bertz CT molecular complexity index is 1000. The molecule has 0 aliphatic carbocycles. The molecular weight excluding hydrogens is 326 g/mol. The van der Waals surface area contributed by atoms with E-state index < -0.39 is 0 Å². The maximum Gasteiger partial charge on any atom is 0.272 e. The molecule has 5 nitrogen and oxygen atoms in total. The topological polar surface area (TPSA) is 65.2 Å². The molecule has 2 aromatic carbocycles. The number of carbonyl (C=O) groups is 1. The summed E-state index contributed by atoms with van der Waals surface area (Å²) in [5, 5.41) is 4.30. The van der Waals surface area contributed by atoms with Crippen molar-refractivity contribution in [2.24, 2.45) is 0 Å². The molecule has 0 saturated carbocycles. The zero-order valence-corrected chi connectivity index (χ0v) is 14.5. The number of benzene rings is 2. The summed E-state index contributed by atoms with van der Waals surface area (Å²) in [6, 6.07) is 16.8. The van der Waals surface area contributed by atoms with Gasteiger partial charge < -0.3 is 15.2 Å². The van der Waals surface area contributed by atoms with E-state index in [9.17, 15) is 9.59 Å². The smallest absolute Gasteiger partial charge is 0.272 e. The molecular formula is C21H21N3O2. The summed E-state index contributed by atoms with van der Waals surface area (Å²) in [7, 11) is 0. The van der Waals surface area contributed by atoms with Crippen molar-refractivity contribution in [2.45, 2.75) is 19.3 Å². The highest BCUT2D eigenvalue weighted by Gasteiger charge is 2.16. The number of hydrogen-bond acceptors (Lipinski definition) is 3. The van der Waals surface area contributed by atoms with E-state index in [-0.39, 0.29) is 17.2 Å². The van der Waals surface area contributed by atoms with Crippen LogP contribution in [0, 0.1) is 0 Å². The van der Waals surface area contributed by atoms with Crippen LogP contribution in [0.1, 0.15) is 29.8 Å². The first kappa shape index (κ1) is 16.4. The molecule has 2 heterocycles. The van der Waals surface area contributed by atoms with Crippen molar-refractivity contribution < 1.29 is 4.79 Å². The average molecular weight is 347 g/mol. The Labute approximate surface area is 151 Å². The largest absolute Gasteiger partial charge is 0.370 e. The molecule has 132 valence electrons. The maximum absolute atomic E-state index is 12.7. The van der Waals surface area contributed by atoms with Crippen LogP contribution in [0.3, 0.4) is 0 Å². The van der Waals surface area contributed by atoms with Gasteiger partial charge in [-0.15, -0.1) is 0 Å². The van der Waals surface area contributed by atoms with Crippen molar-refractivity contribution >= 4 is 28.1 Å². The Morgan fingerprint density at radius 1 is 0.962 bits per heavy atom. The molecule has 2 N–H and O–H groups in total. The van der Waals surface area contributed by atoms with Crippen LogP contribution in [0.5, 0.6) is 0 Å². The van der Waals surface area contributed by atoms with E-state index in [1.807, 2.05) is 42.5 Å². The van der Waals surface area contributed by atoms with E-state index >= 15 is 0 Å². The summed E-state index contributed by atoms with van der Waals surface area (Å²) in [6.45, 7) is 2.00. The van der Waals surface area contributed by atoms with Gasteiger partial charge >= 0.3 is 0 Å². The van der Waals surface area contributed by atoms with Crippen molar-refractivity contribution in [1.82, 2.24) is 4.98 Å². The summed E-state index contributed by atoms with van der Waals surface area (Å²) in [6.07, 6.45) is 3.59. The summed E-state index contributed by atoms with van der Waals surface area (Å²) in [4.78, 5) is 30.0. The summed E-state index contributed by atoms with van der Waals surface area (Å²) in [5.41, 5.74) is 1.82. The fourth-order valence-electron chi connectivity index (χ4n) is 3.51. The molecule has 1 amide bonds. The highest BCUT2D eigenvalue weighted by Crippen LogP contribution is 2.28. The van der Waals surface area contributed by atoms with Gasteiger partial charge in [0.25, 0.3) is 11.5 Å². The number of fused-ring (bicyclic) bond motifs is 1. The molecule has 0 unspecified atom stereocenters. The van der Waals surface area contributed by atoms with Crippen LogP contribution in [0.15, 0.2) is 59.4 Å². The minimum absolute atomic E-state index is 0.252. The minimum atomic E-state index is -0.308. The number of rotatable bonds is 3. The third kappa shape index (κ3) is 3.20. The monoisotopic (exact) mass is 347 g/mol. The molecule has 0 spiro atoms. The van der Waals surface area contributed by atoms with E-state index in [0.717, 1.165) is 29.9 Å². The number of nitrogens with zero attached hydrogens (tertiary/aromatic N) is 1. The fraction of sp³-hybridized carbons (Fsp3) is 0.238. The third-order valence-electron chi connectivity index (χ3n) is 4.85. The number of aromatic amines is 1. The van der Waals surface area contributed by atoms with Crippen molar-refractivity contribution in [3.05, 3.63) is 70.6 Å². The molecule has 1 aliphatic heterocycles. The van der Waals surface area contributed by atoms with Crippen LogP contribution in [0.4, 0.5) is 11.4 Å². The lowest BCUT2D eigenvalue weighted by Crippen LogP contribution is -2.30. The number of carbonyl (C=O) groups excluding carboxylic acids is 1. The summed E-state index contributed by atoms with van der Waals surface area (Å²) < 4.78 is 0. The molecule has 0 atom stereocenters. The minimum Gasteiger partial charge on any atom is -0.370 e. The second kappa shape index (κ2) is 7.04. The van der Waals surface area contributed by atoms with Gasteiger partial charge in [-0.25, -0.2) is 0 Å². The van der Waals surface area contributed by atoms with Gasteiger partial charge in [0.15, 0.2) is 0 Å². The molecule has 3 aromatic rings. The molecule has 1 saturated heterocycles. The Balaban J connectivity index is 1.64. The Morgan fingerprint density at radius 3 is 2.54 bits per heavy atom. The van der Waals surface area contributed by atoms with Gasteiger partial charge in [0.2, 0.25) is 0 Å². The number of amides is 1. The zero-order chi connectivity index (χ0) is 17.9. The van der Waals surface area contributed by atoms with E-state index in [1.54, 1.807) is 12.1 Å². The number of hydrogen-bond donors (Lipinski definition) is 2. The number of piperidine rings is 1. The highest BCUT2D eigenvalue weighted by molar-refractivity contribution is 6.06. The van der Waals surface area contributed by atoms with Crippen LogP contribution >= 0.6 is 0 Å². The Hall–Kier alpha value is -3.08. The van der Waals surface area contributed by atoms with E-state index in [4.69, 9.17) is 0 Å². The molecule has 0 bridgehead atoms. The fourth-order valence-corrected chi connectivity index (χ4v) is 3.51. The molecule has 4 rings (SSSR count). The van der Waals surface area contributed by atoms with Gasteiger partial charge in [-0.2, -0.15) is 0 Å². The van der Waals surface area contributed by atoms with Crippen LogP contribution < -0.4 is 15.8 Å². The van der Waals surface area contributed by atoms with Gasteiger partial charge in [0, 0.05) is 18.5 Å². The van der Waals surface area contributed by atoms with E-state index in [1.165, 1.54) is 19.3 Å². The average Bonchev–Trinajstić information content (AvgIpc) is 2.69. The van der Waals surface area contributed by atoms with Crippen LogP contribution in [0.25, 0.3) is 10.8 Å². The van der Waals surface area contributed by atoms with Gasteiger partial charge in [0.1, 0.15) is 5.69 Å². The van der Waals surface area contributed by atoms with E-state index in [2.05, 4.69) is 15.2 Å². The van der Waals surface area contributed by atoms with Gasteiger partial charge in [0.05, 0.1) is 11.4 Å². The third-order valence-corrected chi connectivity index (χ3v) is 4.85. The van der Waals surface area contributed by atoms with Crippen LogP contribution in [0.2, 0.25) is 0 Å². The maximum atomic E-state index is 12.7. The molecule has 1 aromatic heterocycles. The predicted octanol–water partition coefficient (Wildman–Crippen LogP) is 3.77. The van der Waals surface area contributed by atoms with Crippen LogP contribution in [-0.2, 0) is 0 Å². The lowest BCUT2D eigenvalue weighted by atomic mass is 10.1. The number of anilines is 2. The SMILES string of the molecule is O=C(Nc1ccccc1N1CCCCC1)c1cc2ccccc2c(=O)[nH]1. The van der Waals surface area contributed by atoms with Crippen molar-refractivity contribution in [3.63, 3.8) is 0 Å². The first-order valence-electron chi connectivity index (χ1n) is 9.00. The highest BCUT2D eigenvalue weighted by atomic mass is 16.2. The normalized spacial score (nSPS) is 14.4. The molecule has 26 heavy (non-hydrogen) atoms. The number of nitrogens with one attached hydrogen (secondary N) is 2. The van der Waals surface area contributed by atoms with Gasteiger partial charge in [-0.1, -0.05) is 30.3 Å². The Kier molecular flexibility index (Phi) is 4.44. The number of aromatic nitrogens is 1.